The summed E-state index contributed by atoms with van der Waals surface area (Å²) in [5.74, 6) is -0.899. The zero-order chi connectivity index (χ0) is 28.8. The number of nitro groups is 2. The molecule has 204 valence electrons. The highest BCUT2D eigenvalue weighted by atomic mass is 32.2. The molecule has 12 nitrogen and oxygen atoms in total. The molecular formula is C26H22N6O6S2. The molecule has 0 aliphatic heterocycles. The third kappa shape index (κ3) is 7.09. The lowest BCUT2D eigenvalue weighted by Crippen LogP contribution is -2.15. The van der Waals surface area contributed by atoms with Crippen LogP contribution in [0.2, 0.25) is 0 Å². The van der Waals surface area contributed by atoms with Gasteiger partial charge in [-0.25, -0.2) is 9.97 Å². The fourth-order valence-electron chi connectivity index (χ4n) is 3.59. The number of thioether (sulfide) groups is 2. The van der Waals surface area contributed by atoms with Gasteiger partial charge < -0.3 is 10.6 Å². The number of hydrogen-bond acceptors (Lipinski definition) is 10. The third-order valence-electron chi connectivity index (χ3n) is 5.57. The summed E-state index contributed by atoms with van der Waals surface area (Å²) < 4.78 is 0. The van der Waals surface area contributed by atoms with Gasteiger partial charge in [0.25, 0.3) is 11.4 Å². The minimum absolute atomic E-state index is 0.0541. The van der Waals surface area contributed by atoms with Gasteiger partial charge in [0.1, 0.15) is 10.1 Å². The average molecular weight is 579 g/mol. The van der Waals surface area contributed by atoms with Crippen molar-refractivity contribution < 1.29 is 19.4 Å². The number of fused-ring (bicyclic) bond motifs is 1. The number of rotatable bonds is 10. The van der Waals surface area contributed by atoms with E-state index in [0.29, 0.717) is 43.6 Å². The molecular weight excluding hydrogens is 556 g/mol. The maximum Gasteiger partial charge on any atom is 0.274 e. The fourth-order valence-corrected chi connectivity index (χ4v) is 5.28. The summed E-state index contributed by atoms with van der Waals surface area (Å²) in [4.78, 5) is 55.8. The van der Waals surface area contributed by atoms with Gasteiger partial charge in [0.05, 0.1) is 32.4 Å². The molecule has 0 fully saturated rings. The quantitative estimate of drug-likeness (QED) is 0.139. The second kappa shape index (κ2) is 12.5. The van der Waals surface area contributed by atoms with E-state index in [1.165, 1.54) is 12.1 Å². The van der Waals surface area contributed by atoms with Crippen LogP contribution in [0.4, 0.5) is 22.7 Å². The van der Waals surface area contributed by atoms with Gasteiger partial charge in [-0.1, -0.05) is 47.8 Å². The molecule has 0 saturated carbocycles. The lowest BCUT2D eigenvalue weighted by Gasteiger charge is -2.10. The maximum absolute atomic E-state index is 12.6. The van der Waals surface area contributed by atoms with E-state index < -0.39 is 21.7 Å². The molecule has 0 radical (unpaired) electrons. The number of para-hydroxylation sites is 2. The molecule has 3 aromatic carbocycles. The predicted molar refractivity (Wildman–Crippen MR) is 154 cm³/mol. The number of aromatic nitrogens is 2. The number of nitrogens with zero attached hydrogens (tertiary/aromatic N) is 4. The van der Waals surface area contributed by atoms with Crippen LogP contribution in [-0.2, 0) is 9.59 Å². The largest absolute Gasteiger partial charge is 0.325 e. The third-order valence-corrected chi connectivity index (χ3v) is 7.63. The molecule has 0 bridgehead atoms. The lowest BCUT2D eigenvalue weighted by atomic mass is 10.2. The first kappa shape index (κ1) is 28.4. The number of aryl methyl sites for hydroxylation is 2. The Labute approximate surface area is 236 Å². The molecule has 1 aromatic heterocycles. The number of carbonyl (C=O) groups excluding carboxylic acids is 2. The van der Waals surface area contributed by atoms with Crippen LogP contribution in [0.25, 0.3) is 11.0 Å². The van der Waals surface area contributed by atoms with Gasteiger partial charge in [0.2, 0.25) is 11.8 Å². The Morgan fingerprint density at radius 1 is 0.725 bits per heavy atom. The molecule has 40 heavy (non-hydrogen) atoms. The smallest absolute Gasteiger partial charge is 0.274 e. The molecule has 2 N–H and O–H groups in total. The summed E-state index contributed by atoms with van der Waals surface area (Å²) in [6.07, 6.45) is 0. The van der Waals surface area contributed by atoms with Crippen molar-refractivity contribution in [3.05, 3.63) is 92.0 Å². The molecule has 4 aromatic rings. The van der Waals surface area contributed by atoms with Crippen molar-refractivity contribution in [2.24, 2.45) is 0 Å². The standard InChI is InChI=1S/C26H22N6O6S2/c1-15-7-9-17(11-21(15)31(35)36)27-23(33)13-39-25-26(30-20-6-4-3-5-19(20)29-25)40-14-24(34)28-18-10-8-16(2)22(12-18)32(37)38/h3-12H,13-14H2,1-2H3,(H,27,33)(H,28,34). The van der Waals surface area contributed by atoms with Crippen LogP contribution < -0.4 is 10.6 Å². The van der Waals surface area contributed by atoms with Crippen LogP contribution in [0.15, 0.2) is 70.7 Å². The first-order valence-electron chi connectivity index (χ1n) is 11.7. The fraction of sp³-hybridized carbons (Fsp3) is 0.154. The molecule has 0 atom stereocenters. The molecule has 2 amide bonds. The number of anilines is 2. The molecule has 0 saturated heterocycles. The first-order valence-corrected chi connectivity index (χ1v) is 13.7. The molecule has 4 rings (SSSR count). The van der Waals surface area contributed by atoms with Gasteiger partial charge in [-0.15, -0.1) is 0 Å². The van der Waals surface area contributed by atoms with Gasteiger partial charge in [-0.05, 0) is 38.1 Å². The minimum Gasteiger partial charge on any atom is -0.325 e. The van der Waals surface area contributed by atoms with Crippen molar-refractivity contribution in [3.63, 3.8) is 0 Å². The van der Waals surface area contributed by atoms with Crippen LogP contribution in [0.1, 0.15) is 11.1 Å². The normalized spacial score (nSPS) is 10.8. The van der Waals surface area contributed by atoms with Gasteiger partial charge >= 0.3 is 0 Å². The zero-order valence-electron chi connectivity index (χ0n) is 21.2. The Balaban J connectivity index is 1.45. The van der Waals surface area contributed by atoms with E-state index >= 15 is 0 Å². The Kier molecular flexibility index (Phi) is 8.91. The number of amides is 2. The van der Waals surface area contributed by atoms with Crippen molar-refractivity contribution in [3.8, 4) is 0 Å². The van der Waals surface area contributed by atoms with E-state index in [0.717, 1.165) is 23.5 Å². The van der Waals surface area contributed by atoms with Crippen molar-refractivity contribution in [1.82, 2.24) is 9.97 Å². The van der Waals surface area contributed by atoms with Crippen LogP contribution in [0.3, 0.4) is 0 Å². The van der Waals surface area contributed by atoms with E-state index in [4.69, 9.17) is 0 Å². The summed E-state index contributed by atoms with van der Waals surface area (Å²) in [7, 11) is 0. The topological polar surface area (TPSA) is 170 Å². The van der Waals surface area contributed by atoms with Crippen molar-refractivity contribution in [2.45, 2.75) is 23.9 Å². The molecule has 14 heteroatoms. The van der Waals surface area contributed by atoms with E-state index in [-0.39, 0.29) is 22.9 Å². The molecule has 0 spiro atoms. The Hall–Kier alpha value is -4.56. The number of carbonyl (C=O) groups is 2. The highest BCUT2D eigenvalue weighted by Crippen LogP contribution is 2.31. The zero-order valence-corrected chi connectivity index (χ0v) is 22.9. The first-order chi connectivity index (χ1) is 19.1. The van der Waals surface area contributed by atoms with Crippen molar-refractivity contribution in [2.75, 3.05) is 22.1 Å². The predicted octanol–water partition coefficient (Wildman–Crippen LogP) is 5.52. The average Bonchev–Trinajstić information content (AvgIpc) is 2.92. The lowest BCUT2D eigenvalue weighted by molar-refractivity contribution is -0.385. The van der Waals surface area contributed by atoms with Crippen LogP contribution in [0.5, 0.6) is 0 Å². The van der Waals surface area contributed by atoms with Gasteiger partial charge in [-0.3, -0.25) is 29.8 Å². The second-order valence-corrected chi connectivity index (χ2v) is 10.4. The summed E-state index contributed by atoms with van der Waals surface area (Å²) in [6, 6.07) is 16.1. The number of hydrogen-bond donors (Lipinski definition) is 2. The van der Waals surface area contributed by atoms with Crippen molar-refractivity contribution >= 4 is 69.1 Å². The van der Waals surface area contributed by atoms with Gasteiger partial charge in [-0.2, -0.15) is 0 Å². The van der Waals surface area contributed by atoms with E-state index in [1.807, 2.05) is 12.1 Å². The van der Waals surface area contributed by atoms with Crippen LogP contribution in [-0.4, -0.2) is 43.1 Å². The SMILES string of the molecule is Cc1ccc(NC(=O)CSc2nc3ccccc3nc2SCC(=O)Nc2ccc(C)c([N+](=O)[O-])c2)cc1[N+](=O)[O-]. The van der Waals surface area contributed by atoms with Gasteiger partial charge in [0.15, 0.2) is 0 Å². The van der Waals surface area contributed by atoms with Crippen LogP contribution >= 0.6 is 23.5 Å². The summed E-state index contributed by atoms with van der Waals surface area (Å²) in [6.45, 7) is 3.23. The summed E-state index contributed by atoms with van der Waals surface area (Å²) in [5.41, 5.74) is 2.60. The maximum atomic E-state index is 12.6. The monoisotopic (exact) mass is 578 g/mol. The van der Waals surface area contributed by atoms with E-state index in [2.05, 4.69) is 20.6 Å². The number of nitro benzene ring substituents is 2. The Bertz CT molecular complexity index is 1530. The van der Waals surface area contributed by atoms with Gasteiger partial charge in [0, 0.05) is 34.6 Å². The van der Waals surface area contributed by atoms with Crippen molar-refractivity contribution in [1.29, 1.82) is 0 Å². The highest BCUT2D eigenvalue weighted by molar-refractivity contribution is 8.02. The Morgan fingerprint density at radius 2 is 1.12 bits per heavy atom. The molecule has 1 heterocycles. The van der Waals surface area contributed by atoms with E-state index in [1.54, 1.807) is 50.2 Å². The summed E-state index contributed by atoms with van der Waals surface area (Å²) in [5, 5.41) is 28.6. The minimum atomic E-state index is -0.510. The number of benzene rings is 3. The molecule has 0 aliphatic rings. The highest BCUT2D eigenvalue weighted by Gasteiger charge is 2.17. The van der Waals surface area contributed by atoms with Crippen LogP contribution in [0, 0.1) is 34.1 Å². The second-order valence-electron chi connectivity index (χ2n) is 8.51. The molecule has 0 unspecified atom stereocenters. The van der Waals surface area contributed by atoms with E-state index in [9.17, 15) is 29.8 Å². The summed E-state index contributed by atoms with van der Waals surface area (Å²) >= 11 is 2.24. The Morgan fingerprint density at radius 3 is 1.50 bits per heavy atom. The molecule has 0 aliphatic carbocycles. The number of nitrogens with one attached hydrogen (secondary N) is 2.